The molecule has 0 atom stereocenters. The first kappa shape index (κ1) is 45.7. The summed E-state index contributed by atoms with van der Waals surface area (Å²) in [6, 6.07) is 68.5. The normalized spacial score (nSPS) is 11.5. The molecule has 0 bridgehead atoms. The average molecular weight is 981 g/mol. The van der Waals surface area contributed by atoms with Crippen molar-refractivity contribution < 1.29 is 19.1 Å². The van der Waals surface area contributed by atoms with Gasteiger partial charge in [0.1, 0.15) is 11.5 Å². The van der Waals surface area contributed by atoms with Crippen LogP contribution < -0.4 is 9.47 Å². The van der Waals surface area contributed by atoms with Gasteiger partial charge in [-0.3, -0.25) is 0 Å². The third kappa shape index (κ3) is 8.69. The van der Waals surface area contributed by atoms with E-state index in [1.54, 1.807) is 6.92 Å². The van der Waals surface area contributed by atoms with E-state index in [-0.39, 0.29) is 0 Å². The maximum absolute atomic E-state index is 12.5. The van der Waals surface area contributed by atoms with Crippen molar-refractivity contribution in [3.05, 3.63) is 241 Å². The molecular weight excluding hydrogens is 933 g/mol. The lowest BCUT2D eigenvalue weighted by Gasteiger charge is -2.13. The molecule has 2 aromatic heterocycles. The fourth-order valence-corrected chi connectivity index (χ4v) is 13.0. The van der Waals surface area contributed by atoms with Crippen LogP contribution in [0.15, 0.2) is 219 Å². The molecule has 13 rings (SSSR count). The molecule has 0 fully saturated rings. The molecule has 0 unspecified atom stereocenters. The lowest BCUT2D eigenvalue weighted by molar-refractivity contribution is -0.130. The molecule has 0 aliphatic rings. The maximum atomic E-state index is 12.5. The summed E-state index contributed by atoms with van der Waals surface area (Å²) in [5, 5.41) is 17.9. The van der Waals surface area contributed by atoms with E-state index < -0.39 is 11.9 Å². The van der Waals surface area contributed by atoms with Gasteiger partial charge in [0.05, 0.1) is 0 Å². The highest BCUT2D eigenvalue weighted by molar-refractivity contribution is 7.26. The van der Waals surface area contributed by atoms with E-state index in [9.17, 15) is 9.59 Å². The molecule has 0 amide bonds. The molecule has 0 spiro atoms. The SMILES string of the molecule is C=C(C)C(=O)Oc1cc2ccccc2cc1CCc1cc2ccccc2c2c1sc1ccc3ccccc3c12.C=CC(=O)Oc1ccc(CCc2cc3ccccc3c3c2sc2ccc4ccccc4c23)cc1. The van der Waals surface area contributed by atoms with Crippen molar-refractivity contribution in [1.29, 1.82) is 0 Å². The Balaban J connectivity index is 0.000000150. The first-order chi connectivity index (χ1) is 35.8. The van der Waals surface area contributed by atoms with Gasteiger partial charge in [-0.05, 0) is 157 Å². The zero-order valence-corrected chi connectivity index (χ0v) is 41.9. The topological polar surface area (TPSA) is 52.6 Å². The molecule has 0 saturated heterocycles. The van der Waals surface area contributed by atoms with E-state index in [0.29, 0.717) is 17.1 Å². The first-order valence-electron chi connectivity index (χ1n) is 24.6. The number of fused-ring (bicyclic) bond motifs is 15. The van der Waals surface area contributed by atoms with Crippen molar-refractivity contribution >= 4 is 129 Å². The van der Waals surface area contributed by atoms with Gasteiger partial charge in [-0.1, -0.05) is 159 Å². The molecule has 0 N–H and O–H groups in total. The zero-order chi connectivity index (χ0) is 49.6. The summed E-state index contributed by atoms with van der Waals surface area (Å²) in [5.41, 5.74) is 5.32. The Hall–Kier alpha value is -8.42. The van der Waals surface area contributed by atoms with Crippen molar-refractivity contribution in [2.24, 2.45) is 0 Å². The van der Waals surface area contributed by atoms with E-state index in [1.807, 2.05) is 71.2 Å². The summed E-state index contributed by atoms with van der Waals surface area (Å²) >= 11 is 3.78. The summed E-state index contributed by atoms with van der Waals surface area (Å²) < 4.78 is 16.4. The number of aryl methyl sites for hydroxylation is 4. The fraction of sp³-hybridized carbons (Fsp3) is 0.0746. The Bertz CT molecular complexity index is 4370. The predicted octanol–water partition coefficient (Wildman–Crippen LogP) is 18.0. The molecule has 11 aromatic carbocycles. The minimum absolute atomic E-state index is 0.392. The molecule has 0 saturated carbocycles. The van der Waals surface area contributed by atoms with Gasteiger partial charge in [-0.25, -0.2) is 9.59 Å². The summed E-state index contributed by atoms with van der Waals surface area (Å²) in [6.45, 7) is 8.89. The zero-order valence-electron chi connectivity index (χ0n) is 40.2. The lowest BCUT2D eigenvalue weighted by Crippen LogP contribution is -2.10. The standard InChI is InChI=1S/C36H26O2S.C31H22O2S/c1-22(2)36(37)38-31-21-25-11-4-3-10-24(25)19-27(31)15-16-28-20-26-12-6-8-14-30(26)34-33-29-13-7-5-9-23(29)17-18-32(33)39-35(28)34;1-2-28(32)33-24-16-12-20(13-17-24)11-14-23-19-22-8-4-6-10-26(22)30-29-25-9-5-3-7-21(25)15-18-27(29)34-31(23)30/h3-14,17-21H,1,15-16H2,2H3;2-10,12-13,15-19H,1,11,14H2. The highest BCUT2D eigenvalue weighted by Gasteiger charge is 2.19. The van der Waals surface area contributed by atoms with Crippen LogP contribution in [0.4, 0.5) is 0 Å². The molecule has 0 radical (unpaired) electrons. The van der Waals surface area contributed by atoms with Crippen LogP contribution in [0.2, 0.25) is 0 Å². The second-order valence-electron chi connectivity index (χ2n) is 18.7. The van der Waals surface area contributed by atoms with Crippen molar-refractivity contribution in [3.63, 3.8) is 0 Å². The number of benzene rings is 11. The van der Waals surface area contributed by atoms with Gasteiger partial charge < -0.3 is 9.47 Å². The predicted molar refractivity (Wildman–Crippen MR) is 310 cm³/mol. The number of rotatable bonds is 10. The van der Waals surface area contributed by atoms with Gasteiger partial charge in [0.25, 0.3) is 0 Å². The van der Waals surface area contributed by atoms with Crippen LogP contribution in [0.5, 0.6) is 11.5 Å². The largest absolute Gasteiger partial charge is 0.423 e. The van der Waals surface area contributed by atoms with Crippen LogP contribution in [0.1, 0.15) is 29.2 Å². The van der Waals surface area contributed by atoms with Gasteiger partial charge in [-0.2, -0.15) is 0 Å². The van der Waals surface area contributed by atoms with Gasteiger partial charge in [-0.15, -0.1) is 22.7 Å². The summed E-state index contributed by atoms with van der Waals surface area (Å²) in [4.78, 5) is 23.9. The second kappa shape index (κ2) is 19.3. The average Bonchev–Trinajstić information content (AvgIpc) is 4.04. The minimum Gasteiger partial charge on any atom is -0.423 e. The Labute approximate surface area is 430 Å². The lowest BCUT2D eigenvalue weighted by atomic mass is 9.94. The number of hydrogen-bond donors (Lipinski definition) is 0. The first-order valence-corrected chi connectivity index (χ1v) is 26.2. The molecule has 0 aliphatic heterocycles. The van der Waals surface area contributed by atoms with E-state index in [0.717, 1.165) is 42.0 Å². The summed E-state index contributed by atoms with van der Waals surface area (Å²) in [5.74, 6) is 0.318. The van der Waals surface area contributed by atoms with Gasteiger partial charge in [0, 0.05) is 52.0 Å². The molecule has 352 valence electrons. The van der Waals surface area contributed by atoms with Crippen LogP contribution >= 0.6 is 22.7 Å². The van der Waals surface area contributed by atoms with E-state index >= 15 is 0 Å². The van der Waals surface area contributed by atoms with Crippen molar-refractivity contribution in [2.75, 3.05) is 0 Å². The van der Waals surface area contributed by atoms with Crippen LogP contribution in [0.25, 0.3) is 94.2 Å². The second-order valence-corrected chi connectivity index (χ2v) is 20.8. The van der Waals surface area contributed by atoms with E-state index in [1.165, 1.54) is 106 Å². The Morgan fingerprint density at radius 2 is 0.877 bits per heavy atom. The molecular formula is C67H48O4S2. The highest BCUT2D eigenvalue weighted by Crippen LogP contribution is 2.46. The van der Waals surface area contributed by atoms with Crippen LogP contribution in [-0.2, 0) is 35.3 Å². The number of carbonyl (C=O) groups is 2. The summed E-state index contributed by atoms with van der Waals surface area (Å²) in [6.07, 6.45) is 4.62. The van der Waals surface area contributed by atoms with Crippen LogP contribution in [0, 0.1) is 0 Å². The maximum Gasteiger partial charge on any atom is 0.338 e. The Kier molecular flexibility index (Phi) is 12.1. The van der Waals surface area contributed by atoms with Crippen LogP contribution in [0.3, 0.4) is 0 Å². The monoisotopic (exact) mass is 980 g/mol. The molecule has 6 heteroatoms. The van der Waals surface area contributed by atoms with E-state index in [2.05, 4.69) is 159 Å². The van der Waals surface area contributed by atoms with Gasteiger partial charge in [0.2, 0.25) is 0 Å². The number of ether oxygens (including phenoxy) is 2. The third-order valence-electron chi connectivity index (χ3n) is 14.0. The molecule has 73 heavy (non-hydrogen) atoms. The number of hydrogen-bond acceptors (Lipinski definition) is 6. The van der Waals surface area contributed by atoms with Gasteiger partial charge in [0.15, 0.2) is 0 Å². The van der Waals surface area contributed by atoms with Crippen molar-refractivity contribution in [1.82, 2.24) is 0 Å². The van der Waals surface area contributed by atoms with Crippen molar-refractivity contribution in [2.45, 2.75) is 32.6 Å². The quantitative estimate of drug-likeness (QED) is 0.0778. The summed E-state index contributed by atoms with van der Waals surface area (Å²) in [7, 11) is 0. The smallest absolute Gasteiger partial charge is 0.338 e. The molecule has 0 aliphatic carbocycles. The Morgan fingerprint density at radius 1 is 0.452 bits per heavy atom. The van der Waals surface area contributed by atoms with Gasteiger partial charge >= 0.3 is 11.9 Å². The number of thiophene rings is 2. The molecule has 2 heterocycles. The molecule has 13 aromatic rings. The molecule has 4 nitrogen and oxygen atoms in total. The van der Waals surface area contributed by atoms with E-state index in [4.69, 9.17) is 9.47 Å². The van der Waals surface area contributed by atoms with Crippen molar-refractivity contribution in [3.8, 4) is 11.5 Å². The number of esters is 2. The highest BCUT2D eigenvalue weighted by atomic mass is 32.1. The third-order valence-corrected chi connectivity index (χ3v) is 16.5. The minimum atomic E-state index is -0.441. The van der Waals surface area contributed by atoms with Crippen LogP contribution in [-0.4, -0.2) is 11.9 Å². The Morgan fingerprint density at radius 3 is 1.38 bits per heavy atom. The fourth-order valence-electron chi connectivity index (χ4n) is 10.5. The number of carbonyl (C=O) groups excluding carboxylic acids is 2.